The van der Waals surface area contributed by atoms with E-state index < -0.39 is 28.6 Å². The Morgan fingerprint density at radius 3 is 1.21 bits per heavy atom. The Labute approximate surface area is 725 Å². The molecule has 0 aliphatic heterocycles. The highest BCUT2D eigenvalue weighted by molar-refractivity contribution is 6.74. The number of aromatic nitrogens is 8. The van der Waals surface area contributed by atoms with Gasteiger partial charge in [-0.25, -0.2) is 44.3 Å². The van der Waals surface area contributed by atoms with Crippen LogP contribution in [0.25, 0.3) is 0 Å². The summed E-state index contributed by atoms with van der Waals surface area (Å²) in [5.41, 5.74) is 14.4. The van der Waals surface area contributed by atoms with Crippen molar-refractivity contribution >= 4 is 87.3 Å². The number of aliphatic hydroxyl groups is 3. The maximum absolute atomic E-state index is 11.1. The van der Waals surface area contributed by atoms with Crippen molar-refractivity contribution in [2.45, 2.75) is 218 Å². The number of halogens is 3. The van der Waals surface area contributed by atoms with Gasteiger partial charge >= 0.3 is 41.5 Å². The fourth-order valence-electron chi connectivity index (χ4n) is 8.90. The molecular formula is C89H120Cl3N8O18Si2+. The molecule has 8 heterocycles. The van der Waals surface area contributed by atoms with Gasteiger partial charge in [0.25, 0.3) is 0 Å². The van der Waals surface area contributed by atoms with Crippen molar-refractivity contribution in [3.63, 3.8) is 0 Å². The summed E-state index contributed by atoms with van der Waals surface area (Å²) in [4.78, 5) is 94.9. The number of aryl methyl sites for hydroxylation is 9. The van der Waals surface area contributed by atoms with E-state index in [0.717, 1.165) is 85.7 Å². The van der Waals surface area contributed by atoms with Crippen LogP contribution in [0.2, 0.25) is 51.7 Å². The minimum absolute atomic E-state index is 0.0260. The Kier molecular flexibility index (Phi) is 50.2. The largest absolute Gasteiger partial charge is 0.469 e. The summed E-state index contributed by atoms with van der Waals surface area (Å²) in [5.74, 6) is 9.58. The van der Waals surface area contributed by atoms with Gasteiger partial charge in [0.05, 0.1) is 117 Å². The zero-order valence-electron chi connectivity index (χ0n) is 73.8. The van der Waals surface area contributed by atoms with Crippen molar-refractivity contribution in [2.24, 2.45) is 0 Å². The minimum Gasteiger partial charge on any atom is -0.469 e. The number of carbonyl (C=O) groups is 6. The third-order valence-electron chi connectivity index (χ3n) is 18.7. The maximum Gasteiger partial charge on any atom is 0.408 e. The van der Waals surface area contributed by atoms with E-state index in [2.05, 4.69) is 155 Å². The Bertz CT molecular complexity index is 4730. The van der Waals surface area contributed by atoms with Crippen LogP contribution in [0.1, 0.15) is 208 Å². The summed E-state index contributed by atoms with van der Waals surface area (Å²) in [7, 11) is 4.54. The molecule has 26 nitrogen and oxygen atoms in total. The third kappa shape index (κ3) is 40.9. The van der Waals surface area contributed by atoms with Crippen LogP contribution in [0, 0.1) is 79.1 Å². The molecule has 0 spiro atoms. The van der Waals surface area contributed by atoms with E-state index in [9.17, 15) is 34.0 Å². The molecule has 8 aromatic rings. The quantitative estimate of drug-likeness (QED) is 0.00758. The van der Waals surface area contributed by atoms with E-state index in [1.54, 1.807) is 62.5 Å². The van der Waals surface area contributed by atoms with E-state index in [4.69, 9.17) is 59.0 Å². The number of methoxy groups -OCH3 is 6. The van der Waals surface area contributed by atoms with Crippen LogP contribution in [-0.2, 0) is 91.1 Å². The molecule has 0 saturated carbocycles. The van der Waals surface area contributed by atoms with E-state index in [1.165, 1.54) is 48.9 Å². The number of unbranched alkanes of at least 4 members (excludes halogenated alkanes) is 1. The van der Waals surface area contributed by atoms with Gasteiger partial charge in [-0.1, -0.05) is 131 Å². The number of carbonyl (C=O) groups excluding carboxylic acids is 6. The van der Waals surface area contributed by atoms with Crippen LogP contribution in [0.5, 0.6) is 0 Å². The molecule has 0 radical (unpaired) electrons. The number of rotatable bonds is 21. The Hall–Kier alpha value is -9.96. The predicted molar refractivity (Wildman–Crippen MR) is 468 cm³/mol. The molecule has 4 N–H and O–H groups in total. The summed E-state index contributed by atoms with van der Waals surface area (Å²) in [6, 6.07) is 29.2. The van der Waals surface area contributed by atoms with Crippen LogP contribution < -0.4 is 4.73 Å². The average molecular weight is 1750 g/mol. The molecule has 8 rings (SSSR count). The SMILES string of the molecule is COC(=O)CCC#Cc1ccc(C)c(CO)n1.COC(=O)CCC#Cc1ccc(C)c(CO[Si](C)(C)C(C)(C)C)n1.COC(=O)CCCCc1ccc(C)c(CO)n1.COC(=O)c1c(C)ccc[n+]1O.COC(=O)c1nc(Cl)ccc1C.COC(=O)c1ncccc1C.Cc1ccc(Cl)nc1CO.Cc1ccc(Cl)nc1CO[Si](C)(C)C(C)(C)C. The fraction of sp³-hybridized carbons (Fsp3) is 0.438. The van der Waals surface area contributed by atoms with Crippen molar-refractivity contribution in [3.05, 3.63) is 232 Å². The normalized spacial score (nSPS) is 10.5. The van der Waals surface area contributed by atoms with Gasteiger partial charge in [0.1, 0.15) is 26.8 Å². The summed E-state index contributed by atoms with van der Waals surface area (Å²) in [6.45, 7) is 38.3. The van der Waals surface area contributed by atoms with E-state index in [-0.39, 0.29) is 71.6 Å². The molecule has 0 atom stereocenters. The Balaban J connectivity index is 0.000000696. The summed E-state index contributed by atoms with van der Waals surface area (Å²) >= 11 is 17.1. The highest BCUT2D eigenvalue weighted by Gasteiger charge is 2.38. The van der Waals surface area contributed by atoms with Crippen molar-refractivity contribution in [3.8, 4) is 23.7 Å². The van der Waals surface area contributed by atoms with Gasteiger partial charge < -0.3 is 52.6 Å². The molecule has 0 bridgehead atoms. The number of pyridine rings is 8. The van der Waals surface area contributed by atoms with Gasteiger partial charge in [-0.2, -0.15) is 0 Å². The number of esters is 6. The van der Waals surface area contributed by atoms with Gasteiger partial charge in [-0.15, -0.1) is 0 Å². The lowest BCUT2D eigenvalue weighted by Gasteiger charge is -2.36. The first-order valence-electron chi connectivity index (χ1n) is 38.3. The second kappa shape index (κ2) is 55.8. The smallest absolute Gasteiger partial charge is 0.408 e. The van der Waals surface area contributed by atoms with E-state index in [1.807, 2.05) is 96.1 Å². The van der Waals surface area contributed by atoms with Crippen LogP contribution in [0.3, 0.4) is 0 Å². The molecule has 0 aromatic carbocycles. The number of nitrogens with zero attached hydrogens (tertiary/aromatic N) is 8. The Morgan fingerprint density at radius 1 is 0.417 bits per heavy atom. The van der Waals surface area contributed by atoms with Crippen molar-refractivity contribution in [2.75, 3.05) is 42.7 Å². The van der Waals surface area contributed by atoms with Gasteiger partial charge in [0, 0.05) is 47.5 Å². The van der Waals surface area contributed by atoms with Crippen LogP contribution in [0.15, 0.2) is 109 Å². The molecule has 0 unspecified atom stereocenters. The first kappa shape index (κ1) is 108. The average Bonchev–Trinajstić information content (AvgIpc) is 0.808. The molecule has 0 saturated heterocycles. The molecule has 120 heavy (non-hydrogen) atoms. The lowest BCUT2D eigenvalue weighted by Crippen LogP contribution is -2.40. The zero-order chi connectivity index (χ0) is 91.1. The van der Waals surface area contributed by atoms with Crippen LogP contribution in [-0.4, -0.2) is 151 Å². The maximum atomic E-state index is 11.1. The first-order valence-corrected chi connectivity index (χ1v) is 45.2. The summed E-state index contributed by atoms with van der Waals surface area (Å²) in [6.07, 6.45) is 7.42. The molecule has 0 amide bonds. The number of hydrogen-bond acceptors (Lipinski definition) is 25. The second-order valence-corrected chi connectivity index (χ2v) is 40.5. The topological polar surface area (TPSA) is 351 Å². The van der Waals surface area contributed by atoms with Crippen molar-refractivity contribution < 1.29 is 91.3 Å². The third-order valence-corrected chi connectivity index (χ3v) is 28.3. The minimum atomic E-state index is -1.80. The molecule has 0 aliphatic carbocycles. The first-order chi connectivity index (χ1) is 56.3. The van der Waals surface area contributed by atoms with Gasteiger partial charge in [0.2, 0.25) is 6.20 Å². The van der Waals surface area contributed by atoms with Gasteiger partial charge in [-0.05, 0) is 210 Å². The second-order valence-electron chi connectivity index (χ2n) is 29.7. The van der Waals surface area contributed by atoms with E-state index >= 15 is 0 Å². The monoisotopic (exact) mass is 1750 g/mol. The summed E-state index contributed by atoms with van der Waals surface area (Å²) < 4.78 is 40.3. The number of hydrogen-bond donors (Lipinski definition) is 4. The molecule has 0 aliphatic rings. The van der Waals surface area contributed by atoms with E-state index in [0.29, 0.717) is 88.4 Å². The number of ether oxygens (including phenoxy) is 6. The highest BCUT2D eigenvalue weighted by atomic mass is 35.5. The molecule has 0 fully saturated rings. The standard InChI is InChI=1S/C19H29NO3Si.C13H22ClNOSi.C13H19NO3.C13H15NO3.C8H8ClNO2.C8H10NO3.C8H9NO2.C7H8ClNO/c1-15-12-13-16(10-8-9-11-18(21)22-5)20-17(15)14-23-24(6,7)19(2,3)4;1-10-7-8-12(14)15-11(10)9-16-17(5,6)13(2,3)4;2*1-10-7-8-11(14-12(10)9-15)5-3-4-6-13(16)17-2;1-5-3-4-6(9)10-7(5)8(11)12-2;1-6-4-3-5-9(11)7(6)8(10)12-2;1-6-4-3-5-9-7(6)8(10)11-2;1-5-2-3-7(8)9-6(5)4-10/h12-13H,9,11,14H2,1-7H3;7-8H,9H2,1-6H3;7-8,15H,3-6,9H2,1-2H3;7-8,15H,4,6,9H2,1-2H3;3-4H,1-2H3;3-5,11H,1-2H3;3-5H,1-2H3;2-3,10H,4H2,1H3/q;;;;;+1;;. The van der Waals surface area contributed by atoms with Crippen molar-refractivity contribution in [1.82, 2.24) is 34.9 Å². The zero-order valence-corrected chi connectivity index (χ0v) is 78.1. The van der Waals surface area contributed by atoms with Crippen molar-refractivity contribution in [1.29, 1.82) is 0 Å². The predicted octanol–water partition coefficient (Wildman–Crippen LogP) is 16.6. The van der Waals surface area contributed by atoms with Gasteiger partial charge in [-0.3, -0.25) is 24.6 Å². The molecule has 8 aromatic heterocycles. The highest BCUT2D eigenvalue weighted by Crippen LogP contribution is 2.38. The van der Waals surface area contributed by atoms with Crippen LogP contribution in [0.4, 0.5) is 0 Å². The molecule has 31 heteroatoms. The fourth-order valence-corrected chi connectivity index (χ4v) is 11.2. The molecule has 652 valence electrons. The summed E-state index contributed by atoms with van der Waals surface area (Å²) in [5, 5.41) is 37.7. The van der Waals surface area contributed by atoms with Gasteiger partial charge in [0.15, 0.2) is 28.0 Å². The van der Waals surface area contributed by atoms with Crippen LogP contribution >= 0.6 is 34.8 Å². The lowest BCUT2D eigenvalue weighted by molar-refractivity contribution is -0.906. The molecular weight excluding hydrogens is 1630 g/mol. The number of aliphatic hydroxyl groups excluding tert-OH is 3. The Morgan fingerprint density at radius 2 is 0.783 bits per heavy atom. The lowest BCUT2D eigenvalue weighted by atomic mass is 10.1.